The quantitative estimate of drug-likeness (QED) is 0.796. The molecular weight excluding hydrogens is 320 g/mol. The smallest absolute Gasteiger partial charge is 0.388 e. The number of rotatable bonds is 4. The molecule has 3 aromatic rings. The molecule has 1 aromatic heterocycles. The van der Waals surface area contributed by atoms with Crippen LogP contribution < -0.4 is 11.1 Å². The van der Waals surface area contributed by atoms with E-state index in [0.717, 1.165) is 10.7 Å². The van der Waals surface area contributed by atoms with E-state index in [2.05, 4.69) is 10.4 Å². The number of hydrogen-bond donors (Lipinski definition) is 1. The second kappa shape index (κ2) is 6.45. The number of halogens is 2. The summed E-state index contributed by atoms with van der Waals surface area (Å²) in [6, 6.07) is 10.5. The van der Waals surface area contributed by atoms with Crippen molar-refractivity contribution in [1.29, 1.82) is 0 Å². The Bertz CT molecular complexity index is 932. The van der Waals surface area contributed by atoms with Crippen molar-refractivity contribution >= 4 is 11.6 Å². The summed E-state index contributed by atoms with van der Waals surface area (Å²) in [6.07, 6.45) is 0. The first-order valence-corrected chi connectivity index (χ1v) is 6.90. The highest BCUT2D eigenvalue weighted by atomic mass is 19.1. The van der Waals surface area contributed by atoms with Gasteiger partial charge in [-0.15, -0.1) is 5.10 Å². The molecule has 0 bridgehead atoms. The second-order valence-electron chi connectivity index (χ2n) is 4.90. The van der Waals surface area contributed by atoms with E-state index < -0.39 is 29.8 Å². The summed E-state index contributed by atoms with van der Waals surface area (Å²) in [5, 5.41) is 6.33. The Labute approximate surface area is 134 Å². The zero-order valence-corrected chi connectivity index (χ0v) is 12.2. The number of nitrogens with zero attached hydrogens (tertiary/aromatic N) is 2. The summed E-state index contributed by atoms with van der Waals surface area (Å²) < 4.78 is 31.7. The fourth-order valence-electron chi connectivity index (χ4n) is 2.02. The molecule has 1 N–H and O–H groups in total. The van der Waals surface area contributed by atoms with Crippen LogP contribution in [-0.2, 0) is 11.3 Å². The van der Waals surface area contributed by atoms with Crippen molar-refractivity contribution in [3.63, 3.8) is 0 Å². The fraction of sp³-hybridized carbons (Fsp3) is 0.0625. The average Bonchev–Trinajstić information content (AvgIpc) is 2.89. The standard InChI is InChI=1S/C16H11F2N3O3/c17-11-6-4-10(5-7-11)15-20-21(16(23)24-15)9-14(22)19-13-3-1-2-12(18)8-13/h1-8H,9H2,(H,19,22). The molecular formula is C16H11F2N3O3. The van der Waals surface area contributed by atoms with Gasteiger partial charge in [-0.1, -0.05) is 6.07 Å². The summed E-state index contributed by atoms with van der Waals surface area (Å²) in [5.41, 5.74) is 0.660. The highest BCUT2D eigenvalue weighted by Crippen LogP contribution is 2.15. The minimum absolute atomic E-state index is 0.0291. The number of amides is 1. The summed E-state index contributed by atoms with van der Waals surface area (Å²) in [4.78, 5) is 23.7. The van der Waals surface area contributed by atoms with Crippen molar-refractivity contribution in [3.05, 3.63) is 70.7 Å². The monoisotopic (exact) mass is 331 g/mol. The summed E-state index contributed by atoms with van der Waals surface area (Å²) in [5.74, 6) is -2.36. The van der Waals surface area contributed by atoms with E-state index in [1.165, 1.54) is 42.5 Å². The Morgan fingerprint density at radius 2 is 1.88 bits per heavy atom. The van der Waals surface area contributed by atoms with Crippen molar-refractivity contribution in [3.8, 4) is 11.5 Å². The Morgan fingerprint density at radius 1 is 1.12 bits per heavy atom. The van der Waals surface area contributed by atoms with E-state index in [9.17, 15) is 18.4 Å². The van der Waals surface area contributed by atoms with Gasteiger partial charge in [0.25, 0.3) is 0 Å². The predicted octanol–water partition coefficient (Wildman–Crippen LogP) is 2.42. The lowest BCUT2D eigenvalue weighted by atomic mass is 10.2. The van der Waals surface area contributed by atoms with E-state index in [-0.39, 0.29) is 11.6 Å². The van der Waals surface area contributed by atoms with E-state index in [1.807, 2.05) is 0 Å². The molecule has 0 saturated carbocycles. The Kier molecular flexibility index (Phi) is 4.19. The number of anilines is 1. The van der Waals surface area contributed by atoms with E-state index in [0.29, 0.717) is 5.56 Å². The highest BCUT2D eigenvalue weighted by molar-refractivity contribution is 5.90. The van der Waals surface area contributed by atoms with Crippen LogP contribution in [0.15, 0.2) is 57.7 Å². The van der Waals surface area contributed by atoms with Crippen LogP contribution in [0.3, 0.4) is 0 Å². The SMILES string of the molecule is O=C(Cn1nc(-c2ccc(F)cc2)oc1=O)Nc1cccc(F)c1. The molecule has 3 rings (SSSR count). The summed E-state index contributed by atoms with van der Waals surface area (Å²) in [7, 11) is 0. The highest BCUT2D eigenvalue weighted by Gasteiger charge is 2.13. The Balaban J connectivity index is 1.74. The van der Waals surface area contributed by atoms with Gasteiger partial charge >= 0.3 is 5.76 Å². The van der Waals surface area contributed by atoms with Crippen LogP contribution in [0.25, 0.3) is 11.5 Å². The molecule has 0 saturated heterocycles. The molecule has 6 nitrogen and oxygen atoms in total. The zero-order chi connectivity index (χ0) is 17.1. The van der Waals surface area contributed by atoms with Crippen molar-refractivity contribution < 1.29 is 18.0 Å². The zero-order valence-electron chi connectivity index (χ0n) is 12.2. The first-order valence-electron chi connectivity index (χ1n) is 6.90. The molecule has 0 radical (unpaired) electrons. The number of aromatic nitrogens is 2. The van der Waals surface area contributed by atoms with Gasteiger partial charge in [0.1, 0.15) is 18.2 Å². The van der Waals surface area contributed by atoms with Gasteiger partial charge in [-0.25, -0.2) is 13.6 Å². The van der Waals surface area contributed by atoms with E-state index >= 15 is 0 Å². The van der Waals surface area contributed by atoms with Gasteiger partial charge in [-0.05, 0) is 42.5 Å². The maximum Gasteiger partial charge on any atom is 0.437 e. The third-order valence-corrected chi connectivity index (χ3v) is 3.10. The first-order chi connectivity index (χ1) is 11.5. The number of carbonyl (C=O) groups is 1. The van der Waals surface area contributed by atoms with Gasteiger partial charge in [-0.2, -0.15) is 4.68 Å². The lowest BCUT2D eigenvalue weighted by molar-refractivity contribution is -0.117. The molecule has 0 atom stereocenters. The molecule has 0 unspecified atom stereocenters. The van der Waals surface area contributed by atoms with Crippen molar-refractivity contribution in [1.82, 2.24) is 9.78 Å². The van der Waals surface area contributed by atoms with Crippen molar-refractivity contribution in [2.24, 2.45) is 0 Å². The molecule has 122 valence electrons. The van der Waals surface area contributed by atoms with Crippen molar-refractivity contribution in [2.75, 3.05) is 5.32 Å². The lowest BCUT2D eigenvalue weighted by Crippen LogP contribution is -2.25. The lowest BCUT2D eigenvalue weighted by Gasteiger charge is -2.04. The molecule has 8 heteroatoms. The predicted molar refractivity (Wildman–Crippen MR) is 81.2 cm³/mol. The van der Waals surface area contributed by atoms with Crippen LogP contribution in [0.4, 0.5) is 14.5 Å². The molecule has 0 spiro atoms. The van der Waals surface area contributed by atoms with E-state index in [1.54, 1.807) is 0 Å². The normalized spacial score (nSPS) is 10.6. The topological polar surface area (TPSA) is 77.1 Å². The molecule has 1 heterocycles. The Morgan fingerprint density at radius 3 is 2.58 bits per heavy atom. The minimum Gasteiger partial charge on any atom is -0.388 e. The number of hydrogen-bond acceptors (Lipinski definition) is 4. The largest absolute Gasteiger partial charge is 0.437 e. The average molecular weight is 331 g/mol. The molecule has 1 amide bonds. The molecule has 0 aliphatic carbocycles. The molecule has 2 aromatic carbocycles. The third-order valence-electron chi connectivity index (χ3n) is 3.10. The number of nitrogens with one attached hydrogen (secondary N) is 1. The number of carbonyl (C=O) groups excluding carboxylic acids is 1. The van der Waals surface area contributed by atoms with Gasteiger partial charge in [0.15, 0.2) is 0 Å². The maximum atomic E-state index is 13.1. The minimum atomic E-state index is -0.830. The van der Waals surface area contributed by atoms with E-state index in [4.69, 9.17) is 4.42 Å². The van der Waals surface area contributed by atoms with Crippen LogP contribution in [0.5, 0.6) is 0 Å². The van der Waals surface area contributed by atoms with Gasteiger partial charge in [0.05, 0.1) is 0 Å². The first kappa shape index (κ1) is 15.6. The van der Waals surface area contributed by atoms with Crippen LogP contribution in [0, 0.1) is 11.6 Å². The van der Waals surface area contributed by atoms with Gasteiger partial charge in [0.2, 0.25) is 11.8 Å². The molecule has 24 heavy (non-hydrogen) atoms. The van der Waals surface area contributed by atoms with Gasteiger partial charge < -0.3 is 9.73 Å². The van der Waals surface area contributed by atoms with Gasteiger partial charge in [0, 0.05) is 11.3 Å². The van der Waals surface area contributed by atoms with Crippen LogP contribution in [-0.4, -0.2) is 15.7 Å². The number of benzene rings is 2. The van der Waals surface area contributed by atoms with Crippen LogP contribution in [0.1, 0.15) is 0 Å². The van der Waals surface area contributed by atoms with Crippen molar-refractivity contribution in [2.45, 2.75) is 6.54 Å². The maximum absolute atomic E-state index is 13.1. The third kappa shape index (κ3) is 3.54. The van der Waals surface area contributed by atoms with Crippen LogP contribution >= 0.6 is 0 Å². The van der Waals surface area contributed by atoms with Crippen LogP contribution in [0.2, 0.25) is 0 Å². The molecule has 0 aliphatic rings. The molecule has 0 aliphatic heterocycles. The molecule has 0 fully saturated rings. The summed E-state index contributed by atoms with van der Waals surface area (Å²) in [6.45, 7) is -0.403. The summed E-state index contributed by atoms with van der Waals surface area (Å²) >= 11 is 0. The second-order valence-corrected chi connectivity index (χ2v) is 4.90. The Hall–Kier alpha value is -3.29. The van der Waals surface area contributed by atoms with Gasteiger partial charge in [-0.3, -0.25) is 4.79 Å². The fourth-order valence-corrected chi connectivity index (χ4v) is 2.02.